The van der Waals surface area contributed by atoms with Gasteiger partial charge in [-0.2, -0.15) is 0 Å². The molecule has 2 aromatic carbocycles. The second-order valence-electron chi connectivity index (χ2n) is 6.51. The molecule has 0 spiro atoms. The Labute approximate surface area is 153 Å². The summed E-state index contributed by atoms with van der Waals surface area (Å²) in [5.74, 6) is -0.0336. The first kappa shape index (κ1) is 19.0. The third-order valence-corrected chi connectivity index (χ3v) is 3.98. The number of benzene rings is 2. The summed E-state index contributed by atoms with van der Waals surface area (Å²) in [6, 6.07) is 12.8. The van der Waals surface area contributed by atoms with Crippen LogP contribution in [-0.2, 0) is 11.2 Å². The molecule has 0 aliphatic rings. The first-order chi connectivity index (χ1) is 11.8. The minimum Gasteiger partial charge on any atom is -0.343 e. The van der Waals surface area contributed by atoms with Crippen molar-refractivity contribution in [2.75, 3.05) is 11.9 Å². The van der Waals surface area contributed by atoms with E-state index in [1.54, 1.807) is 24.3 Å². The zero-order valence-corrected chi connectivity index (χ0v) is 15.5. The lowest BCUT2D eigenvalue weighted by atomic mass is 10.0. The van der Waals surface area contributed by atoms with Gasteiger partial charge < -0.3 is 10.6 Å². The molecule has 132 valence electrons. The van der Waals surface area contributed by atoms with Gasteiger partial charge in [0.2, 0.25) is 5.91 Å². The van der Waals surface area contributed by atoms with E-state index in [1.165, 1.54) is 5.56 Å². The smallest absolute Gasteiger partial charge is 0.251 e. The monoisotopic (exact) mass is 358 g/mol. The van der Waals surface area contributed by atoms with Crippen LogP contribution < -0.4 is 10.6 Å². The molecular formula is C20H23ClN2O2. The van der Waals surface area contributed by atoms with Crippen molar-refractivity contribution >= 4 is 29.1 Å². The lowest BCUT2D eigenvalue weighted by Gasteiger charge is -2.09. The topological polar surface area (TPSA) is 58.2 Å². The van der Waals surface area contributed by atoms with Gasteiger partial charge in [-0.25, -0.2) is 0 Å². The van der Waals surface area contributed by atoms with Crippen LogP contribution in [0.4, 0.5) is 5.69 Å². The molecule has 25 heavy (non-hydrogen) atoms. The highest BCUT2D eigenvalue weighted by Gasteiger charge is 2.10. The lowest BCUT2D eigenvalue weighted by molar-refractivity contribution is -0.115. The van der Waals surface area contributed by atoms with Gasteiger partial charge in [-0.1, -0.05) is 43.6 Å². The number of anilines is 1. The van der Waals surface area contributed by atoms with Crippen LogP contribution in [0.1, 0.15) is 35.3 Å². The number of aryl methyl sites for hydroxylation is 1. The van der Waals surface area contributed by atoms with Gasteiger partial charge in [0, 0.05) is 5.56 Å². The van der Waals surface area contributed by atoms with E-state index in [1.807, 2.05) is 25.1 Å². The molecule has 0 unspecified atom stereocenters. The highest BCUT2D eigenvalue weighted by Crippen LogP contribution is 2.22. The fraction of sp³-hybridized carbons (Fsp3) is 0.300. The molecule has 2 rings (SSSR count). The van der Waals surface area contributed by atoms with Crippen molar-refractivity contribution in [2.45, 2.75) is 27.2 Å². The Kier molecular flexibility index (Phi) is 6.59. The lowest BCUT2D eigenvalue weighted by Crippen LogP contribution is -2.32. The van der Waals surface area contributed by atoms with Gasteiger partial charge in [0.25, 0.3) is 5.91 Å². The maximum atomic E-state index is 12.1. The average Bonchev–Trinajstić information content (AvgIpc) is 2.55. The van der Waals surface area contributed by atoms with E-state index in [9.17, 15) is 9.59 Å². The summed E-state index contributed by atoms with van der Waals surface area (Å²) < 4.78 is 0. The Morgan fingerprint density at radius 2 is 1.76 bits per heavy atom. The first-order valence-electron chi connectivity index (χ1n) is 8.28. The molecule has 4 nitrogen and oxygen atoms in total. The third-order valence-electron chi connectivity index (χ3n) is 3.67. The van der Waals surface area contributed by atoms with Crippen LogP contribution in [0.25, 0.3) is 0 Å². The Balaban J connectivity index is 1.87. The van der Waals surface area contributed by atoms with E-state index in [-0.39, 0.29) is 18.4 Å². The number of hydrogen-bond acceptors (Lipinski definition) is 2. The molecule has 0 aliphatic carbocycles. The van der Waals surface area contributed by atoms with Gasteiger partial charge in [-0.3, -0.25) is 9.59 Å². The minimum atomic E-state index is -0.324. The molecule has 0 fully saturated rings. The Morgan fingerprint density at radius 3 is 2.36 bits per heavy atom. The van der Waals surface area contributed by atoms with E-state index in [4.69, 9.17) is 11.6 Å². The first-order valence-corrected chi connectivity index (χ1v) is 8.66. The van der Waals surface area contributed by atoms with Gasteiger partial charge in [-0.05, 0) is 54.7 Å². The molecule has 0 bridgehead atoms. The van der Waals surface area contributed by atoms with Crippen molar-refractivity contribution in [3.05, 3.63) is 64.2 Å². The number of rotatable bonds is 6. The summed E-state index contributed by atoms with van der Waals surface area (Å²) in [5.41, 5.74) is 3.27. The molecule has 5 heteroatoms. The highest BCUT2D eigenvalue weighted by atomic mass is 35.5. The van der Waals surface area contributed by atoms with Gasteiger partial charge in [0.15, 0.2) is 0 Å². The summed E-state index contributed by atoms with van der Waals surface area (Å²) in [7, 11) is 0. The molecular weight excluding hydrogens is 336 g/mol. The number of carbonyl (C=O) groups is 2. The molecule has 0 heterocycles. The van der Waals surface area contributed by atoms with Crippen LogP contribution in [0.3, 0.4) is 0 Å². The van der Waals surface area contributed by atoms with E-state index in [2.05, 4.69) is 24.5 Å². The molecule has 0 aromatic heterocycles. The Bertz CT molecular complexity index is 755. The van der Waals surface area contributed by atoms with Gasteiger partial charge in [0.1, 0.15) is 0 Å². The summed E-state index contributed by atoms with van der Waals surface area (Å²) in [6.45, 7) is 6.11. The second-order valence-corrected chi connectivity index (χ2v) is 6.92. The predicted molar refractivity (Wildman–Crippen MR) is 102 cm³/mol. The summed E-state index contributed by atoms with van der Waals surface area (Å²) >= 11 is 6.08. The number of halogens is 1. The average molecular weight is 359 g/mol. The second kappa shape index (κ2) is 8.67. The normalized spacial score (nSPS) is 10.6. The molecule has 0 atom stereocenters. The van der Waals surface area contributed by atoms with Gasteiger partial charge >= 0.3 is 0 Å². The fourth-order valence-electron chi connectivity index (χ4n) is 2.44. The fourth-order valence-corrected chi connectivity index (χ4v) is 2.72. The molecule has 0 saturated heterocycles. The molecule has 0 aliphatic heterocycles. The van der Waals surface area contributed by atoms with Crippen molar-refractivity contribution in [1.82, 2.24) is 5.32 Å². The number of carbonyl (C=O) groups excluding carboxylic acids is 2. The molecule has 0 radical (unpaired) electrons. The highest BCUT2D eigenvalue weighted by molar-refractivity contribution is 6.33. The maximum Gasteiger partial charge on any atom is 0.251 e. The molecule has 2 amide bonds. The van der Waals surface area contributed by atoms with Gasteiger partial charge in [-0.15, -0.1) is 0 Å². The van der Waals surface area contributed by atoms with Crippen molar-refractivity contribution in [2.24, 2.45) is 5.92 Å². The maximum absolute atomic E-state index is 12.1. The van der Waals surface area contributed by atoms with Crippen LogP contribution in [0.5, 0.6) is 0 Å². The quantitative estimate of drug-likeness (QED) is 0.812. The van der Waals surface area contributed by atoms with E-state index < -0.39 is 0 Å². The Morgan fingerprint density at radius 1 is 1.08 bits per heavy atom. The van der Waals surface area contributed by atoms with Crippen molar-refractivity contribution in [1.29, 1.82) is 0 Å². The van der Waals surface area contributed by atoms with Crippen molar-refractivity contribution in [3.63, 3.8) is 0 Å². The third kappa shape index (κ3) is 5.91. The van der Waals surface area contributed by atoms with Crippen molar-refractivity contribution < 1.29 is 9.59 Å². The zero-order chi connectivity index (χ0) is 18.4. The standard InChI is InChI=1S/C20H23ClN2O2/c1-13(2)10-15-5-7-16(8-6-15)20(25)22-12-19(24)23-18-9-4-14(3)11-17(18)21/h4-9,11,13H,10,12H2,1-3H3,(H,22,25)(H,23,24). The minimum absolute atomic E-state index is 0.114. The van der Waals surface area contributed by atoms with Crippen LogP contribution in [-0.4, -0.2) is 18.4 Å². The van der Waals surface area contributed by atoms with E-state index in [0.29, 0.717) is 22.2 Å². The molecule has 2 N–H and O–H groups in total. The summed E-state index contributed by atoms with van der Waals surface area (Å²) in [6.07, 6.45) is 0.974. The SMILES string of the molecule is Cc1ccc(NC(=O)CNC(=O)c2ccc(CC(C)C)cc2)c(Cl)c1. The molecule has 2 aromatic rings. The Hall–Kier alpha value is -2.33. The van der Waals surface area contributed by atoms with Crippen LogP contribution in [0, 0.1) is 12.8 Å². The number of nitrogens with one attached hydrogen (secondary N) is 2. The van der Waals surface area contributed by atoms with Crippen molar-refractivity contribution in [3.8, 4) is 0 Å². The van der Waals surface area contributed by atoms with E-state index in [0.717, 1.165) is 12.0 Å². The summed E-state index contributed by atoms with van der Waals surface area (Å²) in [4.78, 5) is 24.1. The zero-order valence-electron chi connectivity index (χ0n) is 14.7. The van der Waals surface area contributed by atoms with Gasteiger partial charge in [0.05, 0.1) is 17.3 Å². The predicted octanol–water partition coefficient (Wildman–Crippen LogP) is 4.22. The van der Waals surface area contributed by atoms with E-state index >= 15 is 0 Å². The molecule has 0 saturated carbocycles. The number of amides is 2. The van der Waals surface area contributed by atoms with Crippen LogP contribution in [0.15, 0.2) is 42.5 Å². The van der Waals surface area contributed by atoms with Crippen LogP contribution >= 0.6 is 11.6 Å². The summed E-state index contributed by atoms with van der Waals surface area (Å²) in [5, 5.41) is 5.78. The number of hydrogen-bond donors (Lipinski definition) is 2. The largest absolute Gasteiger partial charge is 0.343 e. The van der Waals surface area contributed by atoms with Crippen LogP contribution in [0.2, 0.25) is 5.02 Å².